The smallest absolute Gasteiger partial charge is 0.312 e. The third-order valence-electron chi connectivity index (χ3n) is 6.77. The number of anilines is 1. The normalized spacial score (nSPS) is 17.1. The van der Waals surface area contributed by atoms with E-state index in [-0.39, 0.29) is 17.1 Å². The molecule has 172 valence electrons. The number of carbonyl (C=O) groups excluding carboxylic acids is 1. The highest BCUT2D eigenvalue weighted by Gasteiger charge is 2.32. The number of rotatable bonds is 6. The van der Waals surface area contributed by atoms with Crippen molar-refractivity contribution in [2.24, 2.45) is 5.41 Å². The first-order valence-electron chi connectivity index (χ1n) is 11.0. The molecule has 0 spiro atoms. The van der Waals surface area contributed by atoms with Crippen molar-refractivity contribution in [3.8, 4) is 6.07 Å². The van der Waals surface area contributed by atoms with E-state index in [9.17, 15) is 14.9 Å². The molecule has 2 aromatic rings. The van der Waals surface area contributed by atoms with Crippen molar-refractivity contribution in [3.05, 3.63) is 33.9 Å². The fourth-order valence-electron chi connectivity index (χ4n) is 3.78. The van der Waals surface area contributed by atoms with Crippen LogP contribution in [-0.4, -0.2) is 41.7 Å². The second kappa shape index (κ2) is 8.91. The number of nitrogens with one attached hydrogen (secondary N) is 1. The van der Waals surface area contributed by atoms with Crippen molar-refractivity contribution in [2.75, 3.05) is 25.1 Å². The largest absolute Gasteiger partial charge is 0.456 e. The van der Waals surface area contributed by atoms with Crippen LogP contribution in [0.4, 0.5) is 5.69 Å². The van der Waals surface area contributed by atoms with E-state index in [2.05, 4.69) is 27.9 Å². The maximum absolute atomic E-state index is 12.6. The van der Waals surface area contributed by atoms with Gasteiger partial charge >= 0.3 is 5.97 Å². The summed E-state index contributed by atoms with van der Waals surface area (Å²) in [6.07, 6.45) is 3.22. The van der Waals surface area contributed by atoms with Gasteiger partial charge in [-0.2, -0.15) is 5.26 Å². The first-order valence-corrected chi connectivity index (χ1v) is 11.0. The Hall–Kier alpha value is -2.92. The summed E-state index contributed by atoms with van der Waals surface area (Å²) in [5, 5.41) is 10.5. The van der Waals surface area contributed by atoms with Gasteiger partial charge in [-0.25, -0.2) is 0 Å². The lowest BCUT2D eigenvalue weighted by Crippen LogP contribution is -2.44. The maximum Gasteiger partial charge on any atom is 0.312 e. The highest BCUT2D eigenvalue weighted by atomic mass is 16.5. The average molecular weight is 441 g/mol. The molecule has 1 aliphatic heterocycles. The molecule has 1 saturated heterocycles. The van der Waals surface area contributed by atoms with Crippen molar-refractivity contribution in [1.82, 2.24) is 9.97 Å². The molecular formula is C24H32N4O4. The molecule has 8 nitrogen and oxygen atoms in total. The molecule has 3 heterocycles. The molecular weight excluding hydrogens is 408 g/mol. The molecule has 3 rings (SSSR count). The lowest BCUT2D eigenvalue weighted by molar-refractivity contribution is -0.159. The van der Waals surface area contributed by atoms with Crippen LogP contribution in [0.15, 0.2) is 17.1 Å². The number of esters is 1. The van der Waals surface area contributed by atoms with Gasteiger partial charge in [0.2, 0.25) is 0 Å². The van der Waals surface area contributed by atoms with Crippen LogP contribution in [0.5, 0.6) is 0 Å². The second-order valence-electron chi connectivity index (χ2n) is 9.37. The Bertz CT molecular complexity index is 1110. The Labute approximate surface area is 188 Å². The van der Waals surface area contributed by atoms with Crippen LogP contribution >= 0.6 is 0 Å². The molecule has 32 heavy (non-hydrogen) atoms. The van der Waals surface area contributed by atoms with Gasteiger partial charge < -0.3 is 19.4 Å². The van der Waals surface area contributed by atoms with Gasteiger partial charge in [0.05, 0.1) is 34.1 Å². The second-order valence-corrected chi connectivity index (χ2v) is 9.37. The zero-order valence-corrected chi connectivity index (χ0v) is 19.7. The van der Waals surface area contributed by atoms with Crippen LogP contribution in [-0.2, 0) is 14.3 Å². The zero-order chi connectivity index (χ0) is 23.7. The van der Waals surface area contributed by atoms with Gasteiger partial charge in [-0.05, 0) is 53.0 Å². The predicted octanol–water partition coefficient (Wildman–Crippen LogP) is 3.84. The van der Waals surface area contributed by atoms with Crippen LogP contribution in [0.2, 0.25) is 0 Å². The first-order chi connectivity index (χ1) is 15.0. The molecule has 1 atom stereocenters. The van der Waals surface area contributed by atoms with Crippen molar-refractivity contribution in [3.63, 3.8) is 0 Å². The van der Waals surface area contributed by atoms with Crippen molar-refractivity contribution in [1.29, 1.82) is 5.26 Å². The third-order valence-corrected chi connectivity index (χ3v) is 6.77. The van der Waals surface area contributed by atoms with Gasteiger partial charge in [0, 0.05) is 25.6 Å². The van der Waals surface area contributed by atoms with E-state index in [1.165, 1.54) is 0 Å². The SMILES string of the molecule is CCC(C)(C)C(=O)OC(C)c1cc2c(N3CCC(C)(OC)CC3)c(C#N)c(=O)[nH]c2cn1. The van der Waals surface area contributed by atoms with Crippen LogP contribution < -0.4 is 10.5 Å². The number of H-pyrrole nitrogens is 1. The fraction of sp³-hybridized carbons (Fsp3) is 0.583. The maximum atomic E-state index is 12.6. The lowest BCUT2D eigenvalue weighted by Gasteiger charge is -2.40. The molecule has 1 aliphatic rings. The molecule has 0 saturated carbocycles. The van der Waals surface area contributed by atoms with Gasteiger partial charge in [0.1, 0.15) is 17.7 Å². The van der Waals surface area contributed by atoms with Gasteiger partial charge in [0.25, 0.3) is 5.56 Å². The van der Waals surface area contributed by atoms with Crippen molar-refractivity contribution >= 4 is 22.6 Å². The number of aromatic nitrogens is 2. The molecule has 2 aromatic heterocycles. The van der Waals surface area contributed by atoms with Gasteiger partial charge in [0.15, 0.2) is 0 Å². The highest BCUT2D eigenvalue weighted by molar-refractivity contribution is 5.94. The van der Waals surface area contributed by atoms with Gasteiger partial charge in [-0.15, -0.1) is 0 Å². The summed E-state index contributed by atoms with van der Waals surface area (Å²) in [5.74, 6) is -0.288. The Balaban J connectivity index is 2.04. The van der Waals surface area contributed by atoms with E-state index in [1.807, 2.05) is 26.8 Å². The molecule has 0 bridgehead atoms. The van der Waals surface area contributed by atoms with Crippen LogP contribution in [0.3, 0.4) is 0 Å². The van der Waals surface area contributed by atoms with Crippen molar-refractivity contribution < 1.29 is 14.3 Å². The Morgan fingerprint density at radius 3 is 2.62 bits per heavy atom. The van der Waals surface area contributed by atoms with Crippen molar-refractivity contribution in [2.45, 2.75) is 65.6 Å². The number of pyridine rings is 2. The van der Waals surface area contributed by atoms with E-state index in [1.54, 1.807) is 20.2 Å². The minimum absolute atomic E-state index is 0.0763. The monoisotopic (exact) mass is 440 g/mol. The van der Waals surface area contributed by atoms with Crippen LogP contribution in [0.1, 0.15) is 71.2 Å². The number of aromatic amines is 1. The topological polar surface area (TPSA) is 108 Å². The Kier molecular flexibility index (Phi) is 6.61. The molecule has 0 amide bonds. The minimum Gasteiger partial charge on any atom is -0.456 e. The van der Waals surface area contributed by atoms with E-state index in [4.69, 9.17) is 9.47 Å². The van der Waals surface area contributed by atoms with Gasteiger partial charge in [-0.3, -0.25) is 14.6 Å². The number of fused-ring (bicyclic) bond motifs is 1. The number of nitrogens with zero attached hydrogens (tertiary/aromatic N) is 3. The van der Waals surface area contributed by atoms with Crippen LogP contribution in [0.25, 0.3) is 10.9 Å². The number of methoxy groups -OCH3 is 1. The number of hydrogen-bond donors (Lipinski definition) is 1. The Morgan fingerprint density at radius 1 is 1.41 bits per heavy atom. The number of nitriles is 1. The van der Waals surface area contributed by atoms with E-state index >= 15 is 0 Å². The van der Waals surface area contributed by atoms with Gasteiger partial charge in [-0.1, -0.05) is 6.92 Å². The molecule has 1 N–H and O–H groups in total. The average Bonchev–Trinajstić information content (AvgIpc) is 2.78. The van der Waals surface area contributed by atoms with E-state index in [0.717, 1.165) is 12.8 Å². The lowest BCUT2D eigenvalue weighted by atomic mass is 9.90. The summed E-state index contributed by atoms with van der Waals surface area (Å²) in [5.41, 5.74) is 0.537. The summed E-state index contributed by atoms with van der Waals surface area (Å²) in [7, 11) is 1.71. The minimum atomic E-state index is -0.586. The molecule has 1 fully saturated rings. The standard InChI is InChI=1S/C24H32N4O4/c1-7-23(3,4)22(30)32-15(2)18-12-16-19(14-26-18)27-21(29)17(13-25)20(16)28-10-8-24(5,31-6)9-11-28/h12,14-15H,7-11H2,1-6H3,(H,27,29). The number of ether oxygens (including phenoxy) is 2. The summed E-state index contributed by atoms with van der Waals surface area (Å²) >= 11 is 0. The number of carbonyl (C=O) groups is 1. The summed E-state index contributed by atoms with van der Waals surface area (Å²) in [4.78, 5) is 34.4. The zero-order valence-electron chi connectivity index (χ0n) is 19.7. The van der Waals surface area contributed by atoms with E-state index < -0.39 is 17.1 Å². The summed E-state index contributed by atoms with van der Waals surface area (Å²) in [6, 6.07) is 3.88. The summed E-state index contributed by atoms with van der Waals surface area (Å²) < 4.78 is 11.3. The molecule has 0 radical (unpaired) electrons. The quantitative estimate of drug-likeness (QED) is 0.680. The number of hydrogen-bond acceptors (Lipinski definition) is 7. The third kappa shape index (κ3) is 4.49. The van der Waals surface area contributed by atoms with Crippen LogP contribution in [0, 0.1) is 16.7 Å². The predicted molar refractivity (Wildman–Crippen MR) is 123 cm³/mol. The highest BCUT2D eigenvalue weighted by Crippen LogP contribution is 2.34. The first kappa shape index (κ1) is 23.7. The Morgan fingerprint density at radius 2 is 2.06 bits per heavy atom. The summed E-state index contributed by atoms with van der Waals surface area (Å²) in [6.45, 7) is 10.8. The number of piperidine rings is 1. The van der Waals surface area contributed by atoms with E-state index in [0.29, 0.717) is 41.8 Å². The molecule has 0 aliphatic carbocycles. The molecule has 8 heteroatoms. The molecule has 0 aromatic carbocycles. The fourth-order valence-corrected chi connectivity index (χ4v) is 3.78. The molecule has 1 unspecified atom stereocenters.